The Morgan fingerprint density at radius 2 is 1.15 bits per heavy atom. The Hall–Kier alpha value is -2.96. The molecule has 0 unspecified atom stereocenters. The van der Waals surface area contributed by atoms with Crippen molar-refractivity contribution in [1.29, 1.82) is 0 Å². The first-order chi connectivity index (χ1) is 12.9. The molecule has 0 saturated heterocycles. The molecule has 0 spiro atoms. The molecule has 0 aliphatic carbocycles. The average molecular weight is 372 g/mol. The summed E-state index contributed by atoms with van der Waals surface area (Å²) in [5.41, 5.74) is 9.18. The zero-order chi connectivity index (χ0) is 17.1. The summed E-state index contributed by atoms with van der Waals surface area (Å²) in [6, 6.07) is 12.8. The number of fused-ring (bicyclic) bond motifs is 3. The van der Waals surface area contributed by atoms with E-state index in [1.54, 1.807) is 12.7 Å². The third-order valence-electron chi connectivity index (χ3n) is 4.75. The molecule has 0 radical (unpaired) electrons. The highest BCUT2D eigenvalue weighted by molar-refractivity contribution is 7.27. The van der Waals surface area contributed by atoms with Gasteiger partial charge in [-0.1, -0.05) is 12.1 Å². The van der Waals surface area contributed by atoms with E-state index in [-0.39, 0.29) is 0 Å². The van der Waals surface area contributed by atoms with Crippen molar-refractivity contribution in [3.63, 3.8) is 0 Å². The number of nitrogens with one attached hydrogen (secondary N) is 2. The highest BCUT2D eigenvalue weighted by Gasteiger charge is 2.14. The summed E-state index contributed by atoms with van der Waals surface area (Å²) in [6.45, 7) is 0. The maximum atomic E-state index is 4.31. The molecule has 124 valence electrons. The lowest BCUT2D eigenvalue weighted by Gasteiger charge is -1.99. The highest BCUT2D eigenvalue weighted by atomic mass is 32.1. The number of rotatable bonds is 2. The number of nitrogens with zero attached hydrogens (tertiary/aromatic N) is 2. The van der Waals surface area contributed by atoms with Gasteiger partial charge in [-0.25, -0.2) is 9.97 Å². The standard InChI is InChI=1S/C20H12N4S2/c1-3-15-17(23-9-21-15)5-11(1)13-7-25-20-14(8-26-19(13)20)12-2-4-16-18(6-12)24-10-22-16/h1-10H,(H,21,23)(H,22,24). The van der Waals surface area contributed by atoms with Crippen LogP contribution in [-0.4, -0.2) is 19.9 Å². The predicted octanol–water partition coefficient (Wildman–Crippen LogP) is 6.05. The lowest BCUT2D eigenvalue weighted by atomic mass is 10.1. The van der Waals surface area contributed by atoms with Crippen molar-refractivity contribution in [1.82, 2.24) is 19.9 Å². The van der Waals surface area contributed by atoms with Gasteiger partial charge in [-0.05, 0) is 35.4 Å². The molecule has 2 aromatic carbocycles. The summed E-state index contributed by atoms with van der Waals surface area (Å²) in [5, 5.41) is 4.52. The maximum Gasteiger partial charge on any atom is 0.0931 e. The van der Waals surface area contributed by atoms with Crippen LogP contribution in [0.2, 0.25) is 0 Å². The summed E-state index contributed by atoms with van der Waals surface area (Å²) in [4.78, 5) is 15.0. The first kappa shape index (κ1) is 14.2. The van der Waals surface area contributed by atoms with Crippen LogP contribution in [0, 0.1) is 0 Å². The molecule has 26 heavy (non-hydrogen) atoms. The van der Waals surface area contributed by atoms with Crippen LogP contribution in [0.1, 0.15) is 0 Å². The normalized spacial score (nSPS) is 11.8. The van der Waals surface area contributed by atoms with Crippen LogP contribution in [0.3, 0.4) is 0 Å². The van der Waals surface area contributed by atoms with Crippen LogP contribution in [-0.2, 0) is 0 Å². The van der Waals surface area contributed by atoms with Gasteiger partial charge in [0.2, 0.25) is 0 Å². The van der Waals surface area contributed by atoms with Crippen LogP contribution in [0.4, 0.5) is 0 Å². The zero-order valence-electron chi connectivity index (χ0n) is 13.5. The Morgan fingerprint density at radius 1 is 0.654 bits per heavy atom. The summed E-state index contributed by atoms with van der Waals surface area (Å²) in [6.07, 6.45) is 3.49. The fourth-order valence-corrected chi connectivity index (χ4v) is 5.88. The molecule has 4 aromatic heterocycles. The third kappa shape index (κ3) is 2.00. The van der Waals surface area contributed by atoms with E-state index in [1.807, 2.05) is 22.7 Å². The lowest BCUT2D eigenvalue weighted by Crippen LogP contribution is -1.76. The molecule has 6 rings (SSSR count). The first-order valence-corrected chi connectivity index (χ1v) is 9.98. The van der Waals surface area contributed by atoms with E-state index >= 15 is 0 Å². The second-order valence-corrected chi connectivity index (χ2v) is 7.99. The minimum Gasteiger partial charge on any atom is -0.345 e. The van der Waals surface area contributed by atoms with Crippen LogP contribution in [0.15, 0.2) is 59.8 Å². The van der Waals surface area contributed by atoms with E-state index in [9.17, 15) is 0 Å². The first-order valence-electron chi connectivity index (χ1n) is 8.22. The maximum absolute atomic E-state index is 4.31. The largest absolute Gasteiger partial charge is 0.345 e. The molecule has 0 atom stereocenters. The average Bonchev–Trinajstić information content (AvgIpc) is 3.42. The molecule has 0 bridgehead atoms. The van der Waals surface area contributed by atoms with Gasteiger partial charge in [-0.3, -0.25) is 0 Å². The molecular weight excluding hydrogens is 360 g/mol. The molecule has 6 heteroatoms. The number of thiophene rings is 2. The Kier molecular flexibility index (Phi) is 2.88. The summed E-state index contributed by atoms with van der Waals surface area (Å²) >= 11 is 3.62. The lowest BCUT2D eigenvalue weighted by molar-refractivity contribution is 1.34. The highest BCUT2D eigenvalue weighted by Crippen LogP contribution is 2.44. The van der Waals surface area contributed by atoms with Gasteiger partial charge in [0, 0.05) is 21.9 Å². The topological polar surface area (TPSA) is 57.4 Å². The van der Waals surface area contributed by atoms with Gasteiger partial charge in [0.1, 0.15) is 0 Å². The van der Waals surface area contributed by atoms with Gasteiger partial charge in [-0.15, -0.1) is 22.7 Å². The number of imidazole rings is 2. The number of H-pyrrole nitrogens is 2. The summed E-state index contributed by atoms with van der Waals surface area (Å²) in [5.74, 6) is 0. The minimum atomic E-state index is 1.000. The zero-order valence-corrected chi connectivity index (χ0v) is 15.1. The molecular formula is C20H12N4S2. The monoisotopic (exact) mass is 372 g/mol. The molecule has 0 amide bonds. The molecule has 4 heterocycles. The van der Waals surface area contributed by atoms with Crippen molar-refractivity contribution in [3.05, 3.63) is 59.8 Å². The quantitative estimate of drug-likeness (QED) is 0.389. The second-order valence-electron chi connectivity index (χ2n) is 6.23. The number of benzene rings is 2. The Labute approximate surface area is 156 Å². The Balaban J connectivity index is 1.52. The Bertz CT molecular complexity index is 1290. The van der Waals surface area contributed by atoms with Gasteiger partial charge in [0.25, 0.3) is 0 Å². The summed E-state index contributed by atoms with van der Waals surface area (Å²) < 4.78 is 2.68. The van der Waals surface area contributed by atoms with E-state index in [0.717, 1.165) is 22.1 Å². The molecule has 2 N–H and O–H groups in total. The fourth-order valence-electron chi connectivity index (χ4n) is 3.43. The van der Waals surface area contributed by atoms with Crippen LogP contribution < -0.4 is 0 Å². The van der Waals surface area contributed by atoms with Gasteiger partial charge in [0.15, 0.2) is 0 Å². The van der Waals surface area contributed by atoms with Crippen molar-refractivity contribution in [3.8, 4) is 22.3 Å². The van der Waals surface area contributed by atoms with Crippen molar-refractivity contribution in [2.24, 2.45) is 0 Å². The van der Waals surface area contributed by atoms with E-state index in [4.69, 9.17) is 0 Å². The van der Waals surface area contributed by atoms with E-state index < -0.39 is 0 Å². The number of aromatic amines is 2. The molecule has 4 nitrogen and oxygen atoms in total. The van der Waals surface area contributed by atoms with Crippen molar-refractivity contribution >= 4 is 54.1 Å². The molecule has 0 aliphatic heterocycles. The van der Waals surface area contributed by atoms with Gasteiger partial charge in [0.05, 0.1) is 44.1 Å². The SMILES string of the molecule is c1nc2ccc(-c3csc4c(-c5ccc6nc[nH]c6c5)csc34)cc2[nH]1. The van der Waals surface area contributed by atoms with Crippen molar-refractivity contribution in [2.45, 2.75) is 0 Å². The van der Waals surface area contributed by atoms with Crippen LogP contribution >= 0.6 is 22.7 Å². The number of hydrogen-bond donors (Lipinski definition) is 2. The van der Waals surface area contributed by atoms with Gasteiger partial charge < -0.3 is 9.97 Å². The number of hydrogen-bond acceptors (Lipinski definition) is 4. The van der Waals surface area contributed by atoms with Crippen LogP contribution in [0.5, 0.6) is 0 Å². The van der Waals surface area contributed by atoms with Crippen molar-refractivity contribution in [2.75, 3.05) is 0 Å². The van der Waals surface area contributed by atoms with E-state index in [1.165, 1.54) is 31.7 Å². The number of aromatic nitrogens is 4. The smallest absolute Gasteiger partial charge is 0.0931 e. The molecule has 0 fully saturated rings. The van der Waals surface area contributed by atoms with Gasteiger partial charge in [-0.2, -0.15) is 0 Å². The predicted molar refractivity (Wildman–Crippen MR) is 110 cm³/mol. The van der Waals surface area contributed by atoms with Crippen molar-refractivity contribution < 1.29 is 0 Å². The summed E-state index contributed by atoms with van der Waals surface area (Å²) in [7, 11) is 0. The van der Waals surface area contributed by atoms with Crippen LogP contribution in [0.25, 0.3) is 53.7 Å². The van der Waals surface area contributed by atoms with E-state index in [2.05, 4.69) is 67.1 Å². The minimum absolute atomic E-state index is 1.000. The fraction of sp³-hybridized carbons (Fsp3) is 0. The molecule has 6 aromatic rings. The third-order valence-corrected chi connectivity index (χ3v) is 6.90. The molecule has 0 saturated carbocycles. The second kappa shape index (κ2) is 5.27. The Morgan fingerprint density at radius 3 is 1.65 bits per heavy atom. The van der Waals surface area contributed by atoms with Gasteiger partial charge >= 0.3 is 0 Å². The van der Waals surface area contributed by atoms with E-state index in [0.29, 0.717) is 0 Å². The molecule has 0 aliphatic rings.